The number of nitro benzene ring substituents is 1. The van der Waals surface area contributed by atoms with Gasteiger partial charge in [0, 0.05) is 24.0 Å². The van der Waals surface area contributed by atoms with Gasteiger partial charge in [-0.1, -0.05) is 17.7 Å². The Kier molecular flexibility index (Phi) is 4.19. The highest BCUT2D eigenvalue weighted by Gasteiger charge is 2.17. The van der Waals surface area contributed by atoms with Crippen LogP contribution in [0.25, 0.3) is 0 Å². The second-order valence-corrected chi connectivity index (χ2v) is 4.65. The molecule has 2 aromatic carbocycles. The Morgan fingerprint density at radius 1 is 1.19 bits per heavy atom. The standard InChI is InChI=1S/C16H15N3O2/c1-3-18(14-7-4-12(2)5-8-14)15-9-6-13(11-17)16(10-15)19(20)21/h4-10H,3H2,1-2H3. The smallest absolute Gasteiger partial charge is 0.289 e. The van der Waals surface area contributed by atoms with Gasteiger partial charge in [-0.25, -0.2) is 0 Å². The van der Waals surface area contributed by atoms with Crippen molar-refractivity contribution in [3.05, 3.63) is 63.7 Å². The number of aryl methyl sites for hydroxylation is 1. The third-order valence-corrected chi connectivity index (χ3v) is 3.27. The highest BCUT2D eigenvalue weighted by Crippen LogP contribution is 2.30. The van der Waals surface area contributed by atoms with Crippen molar-refractivity contribution in [2.75, 3.05) is 11.4 Å². The van der Waals surface area contributed by atoms with Crippen LogP contribution in [0.4, 0.5) is 17.1 Å². The van der Waals surface area contributed by atoms with Crippen LogP contribution in [0.15, 0.2) is 42.5 Å². The van der Waals surface area contributed by atoms with Gasteiger partial charge in [-0.15, -0.1) is 0 Å². The second kappa shape index (κ2) is 6.06. The number of anilines is 2. The molecule has 0 bridgehead atoms. The van der Waals surface area contributed by atoms with Crippen molar-refractivity contribution in [1.82, 2.24) is 0 Å². The number of rotatable bonds is 4. The van der Waals surface area contributed by atoms with E-state index < -0.39 is 4.92 Å². The maximum absolute atomic E-state index is 11.1. The minimum atomic E-state index is -0.523. The van der Waals surface area contributed by atoms with Crippen molar-refractivity contribution in [3.63, 3.8) is 0 Å². The molecule has 0 unspecified atom stereocenters. The van der Waals surface area contributed by atoms with Crippen molar-refractivity contribution < 1.29 is 4.92 Å². The summed E-state index contributed by atoms with van der Waals surface area (Å²) in [6.07, 6.45) is 0. The quantitative estimate of drug-likeness (QED) is 0.628. The zero-order chi connectivity index (χ0) is 15.4. The summed E-state index contributed by atoms with van der Waals surface area (Å²) in [7, 11) is 0. The van der Waals surface area contributed by atoms with E-state index in [0.717, 1.165) is 11.3 Å². The lowest BCUT2D eigenvalue weighted by molar-refractivity contribution is -0.385. The Morgan fingerprint density at radius 3 is 2.33 bits per heavy atom. The van der Waals surface area contributed by atoms with Crippen LogP contribution in [0.3, 0.4) is 0 Å². The molecule has 5 heteroatoms. The molecule has 5 nitrogen and oxygen atoms in total. The SMILES string of the molecule is CCN(c1ccc(C)cc1)c1ccc(C#N)c([N+](=O)[O-])c1. The lowest BCUT2D eigenvalue weighted by atomic mass is 10.1. The Hall–Kier alpha value is -2.87. The van der Waals surface area contributed by atoms with Gasteiger partial charge in [0.15, 0.2) is 0 Å². The molecule has 0 heterocycles. The van der Waals surface area contributed by atoms with Crippen molar-refractivity contribution in [2.45, 2.75) is 13.8 Å². The molecule has 0 aliphatic heterocycles. The molecule has 0 aliphatic rings. The molecule has 0 N–H and O–H groups in total. The van der Waals surface area contributed by atoms with Crippen LogP contribution in [0, 0.1) is 28.4 Å². The molecule has 0 amide bonds. The average molecular weight is 281 g/mol. The fourth-order valence-electron chi connectivity index (χ4n) is 2.17. The van der Waals surface area contributed by atoms with Gasteiger partial charge in [-0.3, -0.25) is 10.1 Å². The summed E-state index contributed by atoms with van der Waals surface area (Å²) in [5, 5.41) is 20.0. The van der Waals surface area contributed by atoms with E-state index in [-0.39, 0.29) is 11.3 Å². The van der Waals surface area contributed by atoms with E-state index in [4.69, 9.17) is 5.26 Å². The third kappa shape index (κ3) is 3.00. The highest BCUT2D eigenvalue weighted by molar-refractivity contribution is 5.68. The molecule has 0 saturated carbocycles. The molecular weight excluding hydrogens is 266 g/mol. The van der Waals surface area contributed by atoms with Crippen molar-refractivity contribution in [1.29, 1.82) is 5.26 Å². The molecule has 21 heavy (non-hydrogen) atoms. The lowest BCUT2D eigenvalue weighted by Crippen LogP contribution is -2.16. The van der Waals surface area contributed by atoms with Crippen LogP contribution < -0.4 is 4.90 Å². The normalized spacial score (nSPS) is 9.95. The number of hydrogen-bond donors (Lipinski definition) is 0. The zero-order valence-corrected chi connectivity index (χ0v) is 11.9. The molecule has 0 atom stereocenters. The van der Waals surface area contributed by atoms with Gasteiger partial charge in [0.1, 0.15) is 11.6 Å². The lowest BCUT2D eigenvalue weighted by Gasteiger charge is -2.23. The van der Waals surface area contributed by atoms with E-state index >= 15 is 0 Å². The predicted octanol–water partition coefficient (Wildman–Crippen LogP) is 3.93. The first-order valence-corrected chi connectivity index (χ1v) is 6.59. The van der Waals surface area contributed by atoms with E-state index in [9.17, 15) is 10.1 Å². The van der Waals surface area contributed by atoms with Crippen LogP contribution >= 0.6 is 0 Å². The maximum atomic E-state index is 11.1. The summed E-state index contributed by atoms with van der Waals surface area (Å²) in [6.45, 7) is 4.66. The monoisotopic (exact) mass is 281 g/mol. The summed E-state index contributed by atoms with van der Waals surface area (Å²) in [4.78, 5) is 12.5. The summed E-state index contributed by atoms with van der Waals surface area (Å²) in [6, 6.07) is 14.5. The maximum Gasteiger partial charge on any atom is 0.289 e. The van der Waals surface area contributed by atoms with Gasteiger partial charge in [-0.05, 0) is 38.1 Å². The summed E-state index contributed by atoms with van der Waals surface area (Å²) in [5.41, 5.74) is 2.72. The van der Waals surface area contributed by atoms with Crippen LogP contribution in [0.2, 0.25) is 0 Å². The molecule has 0 fully saturated rings. The number of hydrogen-bond acceptors (Lipinski definition) is 4. The van der Waals surface area contributed by atoms with Crippen LogP contribution in [-0.4, -0.2) is 11.5 Å². The van der Waals surface area contributed by atoms with Crippen molar-refractivity contribution >= 4 is 17.1 Å². The van der Waals surface area contributed by atoms with Crippen molar-refractivity contribution in [3.8, 4) is 6.07 Å². The van der Waals surface area contributed by atoms with E-state index in [2.05, 4.69) is 0 Å². The van der Waals surface area contributed by atoms with Gasteiger partial charge in [0.05, 0.1) is 4.92 Å². The van der Waals surface area contributed by atoms with Gasteiger partial charge in [-0.2, -0.15) is 5.26 Å². The minimum absolute atomic E-state index is 0.0729. The highest BCUT2D eigenvalue weighted by atomic mass is 16.6. The fourth-order valence-corrected chi connectivity index (χ4v) is 2.17. The molecule has 0 saturated heterocycles. The molecule has 2 aromatic rings. The van der Waals surface area contributed by atoms with Gasteiger partial charge in [0.2, 0.25) is 0 Å². The Bertz CT molecular complexity index is 702. The second-order valence-electron chi connectivity index (χ2n) is 4.65. The number of nitro groups is 1. The molecule has 0 radical (unpaired) electrons. The summed E-state index contributed by atoms with van der Waals surface area (Å²) < 4.78 is 0. The largest absolute Gasteiger partial charge is 0.342 e. The predicted molar refractivity (Wildman–Crippen MR) is 81.7 cm³/mol. The average Bonchev–Trinajstić information content (AvgIpc) is 2.49. The van der Waals surface area contributed by atoms with Gasteiger partial charge >= 0.3 is 0 Å². The van der Waals surface area contributed by atoms with E-state index in [1.165, 1.54) is 12.1 Å². The Labute approximate surface area is 123 Å². The summed E-state index contributed by atoms with van der Waals surface area (Å²) >= 11 is 0. The number of nitriles is 1. The van der Waals surface area contributed by atoms with Gasteiger partial charge < -0.3 is 4.90 Å². The minimum Gasteiger partial charge on any atom is -0.342 e. The molecule has 2 rings (SSSR count). The molecular formula is C16H15N3O2. The number of benzene rings is 2. The first-order valence-electron chi connectivity index (χ1n) is 6.59. The first kappa shape index (κ1) is 14.5. The van der Waals surface area contributed by atoms with E-state index in [1.54, 1.807) is 6.07 Å². The van der Waals surface area contributed by atoms with Crippen molar-refractivity contribution in [2.24, 2.45) is 0 Å². The van der Waals surface area contributed by atoms with Gasteiger partial charge in [0.25, 0.3) is 5.69 Å². The van der Waals surface area contributed by atoms with Crippen LogP contribution in [0.5, 0.6) is 0 Å². The fraction of sp³-hybridized carbons (Fsp3) is 0.188. The van der Waals surface area contributed by atoms with Crippen LogP contribution in [-0.2, 0) is 0 Å². The van der Waals surface area contributed by atoms with E-state index in [1.807, 2.05) is 49.1 Å². The molecule has 0 spiro atoms. The Morgan fingerprint density at radius 2 is 1.81 bits per heavy atom. The first-order chi connectivity index (χ1) is 10.1. The third-order valence-electron chi connectivity index (χ3n) is 3.27. The number of nitrogens with zero attached hydrogens (tertiary/aromatic N) is 3. The zero-order valence-electron chi connectivity index (χ0n) is 11.9. The van der Waals surface area contributed by atoms with Crippen LogP contribution in [0.1, 0.15) is 18.1 Å². The topological polar surface area (TPSA) is 70.2 Å². The molecule has 0 aliphatic carbocycles. The molecule has 0 aromatic heterocycles. The Balaban J connectivity index is 2.48. The summed E-state index contributed by atoms with van der Waals surface area (Å²) in [5.74, 6) is 0. The molecule has 106 valence electrons. The van der Waals surface area contributed by atoms with E-state index in [0.29, 0.717) is 12.2 Å².